The molecule has 5 heteroatoms. The monoisotopic (exact) mass is 265 g/mol. The first kappa shape index (κ1) is 14.1. The first-order valence-corrected chi connectivity index (χ1v) is 6.79. The summed E-state index contributed by atoms with van der Waals surface area (Å²) in [6, 6.07) is 2.16. The number of hydrogen-bond donors (Lipinski definition) is 2. The van der Waals surface area contributed by atoms with Crippen molar-refractivity contribution in [3.8, 4) is 0 Å². The van der Waals surface area contributed by atoms with Gasteiger partial charge in [-0.1, -0.05) is 0 Å². The van der Waals surface area contributed by atoms with Crippen LogP contribution in [0.15, 0.2) is 18.5 Å². The summed E-state index contributed by atoms with van der Waals surface area (Å²) in [5.74, 6) is 0.623. The van der Waals surface area contributed by atoms with Crippen molar-refractivity contribution in [2.75, 3.05) is 13.7 Å². The van der Waals surface area contributed by atoms with E-state index in [4.69, 9.17) is 10.5 Å². The summed E-state index contributed by atoms with van der Waals surface area (Å²) in [6.45, 7) is 2.77. The molecule has 1 amide bonds. The fraction of sp³-hybridized carbons (Fsp3) is 0.643. The summed E-state index contributed by atoms with van der Waals surface area (Å²) in [5, 5.41) is 2.89. The van der Waals surface area contributed by atoms with Crippen molar-refractivity contribution in [1.29, 1.82) is 0 Å². The molecular weight excluding hydrogens is 242 g/mol. The third kappa shape index (κ3) is 4.08. The van der Waals surface area contributed by atoms with E-state index in [-0.39, 0.29) is 18.0 Å². The maximum absolute atomic E-state index is 11.8. The Labute approximate surface area is 114 Å². The Hall–Kier alpha value is -1.33. The fourth-order valence-corrected chi connectivity index (χ4v) is 2.26. The molecule has 1 aliphatic carbocycles. The van der Waals surface area contributed by atoms with Gasteiger partial charge in [-0.3, -0.25) is 4.79 Å². The minimum atomic E-state index is -0.00769. The number of amides is 1. The second kappa shape index (κ2) is 6.21. The van der Waals surface area contributed by atoms with E-state index >= 15 is 0 Å². The normalized spacial score (nSPS) is 18.1. The molecule has 19 heavy (non-hydrogen) atoms. The molecule has 0 saturated heterocycles. The summed E-state index contributed by atoms with van der Waals surface area (Å²) >= 11 is 0. The summed E-state index contributed by atoms with van der Waals surface area (Å²) in [6.07, 6.45) is 6.34. The average molecular weight is 265 g/mol. The van der Waals surface area contributed by atoms with Gasteiger partial charge in [-0.05, 0) is 37.3 Å². The molecular formula is C14H23N3O2. The number of rotatable bonds is 7. The van der Waals surface area contributed by atoms with Crippen LogP contribution in [0, 0.1) is 5.92 Å². The van der Waals surface area contributed by atoms with E-state index in [1.54, 1.807) is 7.11 Å². The predicted octanol–water partition coefficient (Wildman–Crippen LogP) is 1.05. The molecule has 0 aromatic carbocycles. The molecule has 0 spiro atoms. The number of carbonyl (C=O) groups is 1. The van der Waals surface area contributed by atoms with Gasteiger partial charge in [0.15, 0.2) is 0 Å². The number of methoxy groups -OCH3 is 1. The SMILES string of the molecule is COCC(C)NC(=O)Cn1ccc(C(N)C2CC2)c1. The van der Waals surface area contributed by atoms with E-state index < -0.39 is 0 Å². The Morgan fingerprint density at radius 3 is 3.00 bits per heavy atom. The van der Waals surface area contributed by atoms with E-state index in [1.165, 1.54) is 12.8 Å². The third-order valence-corrected chi connectivity index (χ3v) is 3.44. The number of carbonyl (C=O) groups excluding carboxylic acids is 1. The van der Waals surface area contributed by atoms with E-state index in [9.17, 15) is 4.79 Å². The lowest BCUT2D eigenvalue weighted by molar-refractivity contribution is -0.122. The molecule has 0 bridgehead atoms. The number of aromatic nitrogens is 1. The highest BCUT2D eigenvalue weighted by Crippen LogP contribution is 2.39. The van der Waals surface area contributed by atoms with E-state index in [1.807, 2.05) is 30.0 Å². The summed E-state index contributed by atoms with van der Waals surface area (Å²) in [5.41, 5.74) is 7.26. The molecule has 2 unspecified atom stereocenters. The average Bonchev–Trinajstić information content (AvgIpc) is 3.09. The zero-order valence-corrected chi connectivity index (χ0v) is 11.6. The van der Waals surface area contributed by atoms with Gasteiger partial charge in [0.2, 0.25) is 5.91 Å². The summed E-state index contributed by atoms with van der Waals surface area (Å²) in [4.78, 5) is 11.8. The van der Waals surface area contributed by atoms with Crippen LogP contribution in [-0.4, -0.2) is 30.2 Å². The Bertz CT molecular complexity index is 426. The van der Waals surface area contributed by atoms with Crippen LogP contribution in [0.3, 0.4) is 0 Å². The van der Waals surface area contributed by atoms with Crippen molar-refractivity contribution >= 4 is 5.91 Å². The highest BCUT2D eigenvalue weighted by atomic mass is 16.5. The molecule has 1 aromatic heterocycles. The van der Waals surface area contributed by atoms with E-state index in [0.717, 1.165) is 5.56 Å². The number of nitrogens with one attached hydrogen (secondary N) is 1. The van der Waals surface area contributed by atoms with Gasteiger partial charge in [-0.25, -0.2) is 0 Å². The van der Waals surface area contributed by atoms with Crippen molar-refractivity contribution in [3.05, 3.63) is 24.0 Å². The predicted molar refractivity (Wildman–Crippen MR) is 73.6 cm³/mol. The topological polar surface area (TPSA) is 69.3 Å². The van der Waals surface area contributed by atoms with Crippen LogP contribution in [0.1, 0.15) is 31.4 Å². The van der Waals surface area contributed by atoms with Gasteiger partial charge in [0, 0.05) is 31.6 Å². The zero-order valence-electron chi connectivity index (χ0n) is 11.6. The van der Waals surface area contributed by atoms with Crippen molar-refractivity contribution < 1.29 is 9.53 Å². The van der Waals surface area contributed by atoms with Crippen molar-refractivity contribution in [3.63, 3.8) is 0 Å². The maximum atomic E-state index is 11.8. The van der Waals surface area contributed by atoms with Gasteiger partial charge in [-0.15, -0.1) is 0 Å². The molecule has 0 aliphatic heterocycles. The smallest absolute Gasteiger partial charge is 0.240 e. The third-order valence-electron chi connectivity index (χ3n) is 3.44. The first-order chi connectivity index (χ1) is 9.10. The number of hydrogen-bond acceptors (Lipinski definition) is 3. The van der Waals surface area contributed by atoms with Gasteiger partial charge in [0.25, 0.3) is 0 Å². The summed E-state index contributed by atoms with van der Waals surface area (Å²) < 4.78 is 6.87. The quantitative estimate of drug-likeness (QED) is 0.774. The minimum absolute atomic E-state index is 0.00769. The molecule has 1 aliphatic rings. The molecule has 3 N–H and O–H groups in total. The van der Waals surface area contributed by atoms with Gasteiger partial charge >= 0.3 is 0 Å². The van der Waals surface area contributed by atoms with Crippen molar-refractivity contribution in [2.45, 2.75) is 38.4 Å². The maximum Gasteiger partial charge on any atom is 0.240 e. The molecule has 5 nitrogen and oxygen atoms in total. The molecule has 1 fully saturated rings. The van der Waals surface area contributed by atoms with Gasteiger partial charge in [-0.2, -0.15) is 0 Å². The highest BCUT2D eigenvalue weighted by molar-refractivity contribution is 5.76. The lowest BCUT2D eigenvalue weighted by Crippen LogP contribution is -2.37. The van der Waals surface area contributed by atoms with Crippen LogP contribution >= 0.6 is 0 Å². The van der Waals surface area contributed by atoms with Gasteiger partial charge in [0.05, 0.1) is 6.61 Å². The Balaban J connectivity index is 1.83. The number of nitrogens with zero attached hydrogens (tertiary/aromatic N) is 1. The van der Waals surface area contributed by atoms with Crippen LogP contribution in [0.4, 0.5) is 0 Å². The summed E-state index contributed by atoms with van der Waals surface area (Å²) in [7, 11) is 1.63. The van der Waals surface area contributed by atoms with Crippen LogP contribution in [0.25, 0.3) is 0 Å². The molecule has 1 aromatic rings. The number of ether oxygens (including phenoxy) is 1. The standard InChI is InChI=1S/C14H23N3O2/c1-10(9-19-2)16-13(18)8-17-6-5-12(7-17)14(15)11-3-4-11/h5-7,10-11,14H,3-4,8-9,15H2,1-2H3,(H,16,18). The molecule has 1 heterocycles. The van der Waals surface area contributed by atoms with Crippen LogP contribution < -0.4 is 11.1 Å². The lowest BCUT2D eigenvalue weighted by atomic mass is 10.1. The van der Waals surface area contributed by atoms with Crippen LogP contribution in [0.2, 0.25) is 0 Å². The van der Waals surface area contributed by atoms with E-state index in [2.05, 4.69) is 5.32 Å². The molecule has 106 valence electrons. The van der Waals surface area contributed by atoms with Gasteiger partial charge in [0.1, 0.15) is 6.54 Å². The minimum Gasteiger partial charge on any atom is -0.383 e. The fourth-order valence-electron chi connectivity index (χ4n) is 2.26. The van der Waals surface area contributed by atoms with Crippen molar-refractivity contribution in [2.24, 2.45) is 11.7 Å². The molecule has 0 radical (unpaired) electrons. The van der Waals surface area contributed by atoms with Crippen molar-refractivity contribution in [1.82, 2.24) is 9.88 Å². The highest BCUT2D eigenvalue weighted by Gasteiger charge is 2.29. The zero-order chi connectivity index (χ0) is 13.8. The Kier molecular flexibility index (Phi) is 4.61. The van der Waals surface area contributed by atoms with E-state index in [0.29, 0.717) is 19.1 Å². The second-order valence-electron chi connectivity index (χ2n) is 5.40. The van der Waals surface area contributed by atoms with Crippen LogP contribution in [0.5, 0.6) is 0 Å². The first-order valence-electron chi connectivity index (χ1n) is 6.79. The molecule has 2 rings (SSSR count). The van der Waals surface area contributed by atoms with Gasteiger partial charge < -0.3 is 20.4 Å². The second-order valence-corrected chi connectivity index (χ2v) is 5.40. The van der Waals surface area contributed by atoms with Crippen LogP contribution in [-0.2, 0) is 16.1 Å². The number of nitrogens with two attached hydrogens (primary N) is 1. The molecule has 1 saturated carbocycles. The lowest BCUT2D eigenvalue weighted by Gasteiger charge is -2.13. The molecule has 2 atom stereocenters. The largest absolute Gasteiger partial charge is 0.383 e. The Morgan fingerprint density at radius 2 is 2.37 bits per heavy atom. The Morgan fingerprint density at radius 1 is 1.63 bits per heavy atom.